The second kappa shape index (κ2) is 24.9. The highest BCUT2D eigenvalue weighted by atomic mass is 16.6. The van der Waals surface area contributed by atoms with Crippen LogP contribution in [0.5, 0.6) is 0 Å². The number of hydrogen-bond acceptors (Lipinski definition) is 12. The first-order chi connectivity index (χ1) is 32.7. The fraction of sp³-hybridized carbons (Fsp3) is 0.755. The highest BCUT2D eigenvalue weighted by molar-refractivity contribution is 6.58. The number of fused-ring (bicyclic) bond motifs is 5. The van der Waals surface area contributed by atoms with E-state index in [0.29, 0.717) is 67.6 Å². The van der Waals surface area contributed by atoms with Gasteiger partial charge in [-0.15, -0.1) is 0 Å². The summed E-state index contributed by atoms with van der Waals surface area (Å²) < 4.78 is 0. The molecule has 20 heteroatoms. The highest BCUT2D eigenvalue weighted by Crippen LogP contribution is 2.68. The van der Waals surface area contributed by atoms with E-state index in [1.165, 1.54) is 32.1 Å². The molecule has 10 N–H and O–H groups in total. The second-order valence-electron chi connectivity index (χ2n) is 21.1. The number of unbranched alkanes of at least 4 members (excludes halogenated alkanes) is 2. The lowest BCUT2D eigenvalue weighted by atomic mass is 9.44. The summed E-state index contributed by atoms with van der Waals surface area (Å²) in [6.07, 6.45) is 12.9. The Bertz CT molecular complexity index is 1990. The van der Waals surface area contributed by atoms with E-state index in [2.05, 4.69) is 47.4 Å². The van der Waals surface area contributed by atoms with E-state index in [1.807, 2.05) is 0 Å². The van der Waals surface area contributed by atoms with Gasteiger partial charge in [-0.3, -0.25) is 29.3 Å². The lowest BCUT2D eigenvalue weighted by Crippen LogP contribution is -2.54. The van der Waals surface area contributed by atoms with Gasteiger partial charge in [-0.25, -0.2) is 9.59 Å². The van der Waals surface area contributed by atoms with Crippen molar-refractivity contribution in [1.82, 2.24) is 26.6 Å². The van der Waals surface area contributed by atoms with Crippen LogP contribution in [-0.4, -0.2) is 117 Å². The number of rotatable bonds is 26. The van der Waals surface area contributed by atoms with Crippen molar-refractivity contribution >= 4 is 53.8 Å². The number of amides is 4. The summed E-state index contributed by atoms with van der Waals surface area (Å²) in [4.78, 5) is 85.8. The fourth-order valence-corrected chi connectivity index (χ4v) is 13.1. The van der Waals surface area contributed by atoms with Gasteiger partial charge in [0.05, 0.1) is 17.1 Å². The summed E-state index contributed by atoms with van der Waals surface area (Å²) in [5, 5.41) is 73.4. The Labute approximate surface area is 405 Å². The number of nitrogens with zero attached hydrogens (tertiary/aromatic N) is 1. The lowest BCUT2D eigenvalue weighted by molar-refractivity contribution is -0.384. The number of carboxylic acid groups (broad SMARTS) is 2. The van der Waals surface area contributed by atoms with Gasteiger partial charge in [0.1, 0.15) is 12.1 Å². The number of non-ortho nitro benzene ring substituents is 1. The van der Waals surface area contributed by atoms with Crippen LogP contribution >= 0.6 is 0 Å². The Morgan fingerprint density at radius 2 is 1.38 bits per heavy atom. The Kier molecular flexibility index (Phi) is 20.0. The van der Waals surface area contributed by atoms with E-state index in [4.69, 9.17) is 0 Å². The van der Waals surface area contributed by atoms with Crippen molar-refractivity contribution in [1.29, 1.82) is 0 Å². The van der Waals surface area contributed by atoms with Gasteiger partial charge in [0.25, 0.3) is 11.6 Å². The van der Waals surface area contributed by atoms with Gasteiger partial charge in [-0.05, 0) is 174 Å². The van der Waals surface area contributed by atoms with Crippen LogP contribution in [0.2, 0.25) is 0 Å². The maximum Gasteiger partial charge on any atom is 0.488 e. The maximum atomic E-state index is 13.1. The molecule has 4 amide bonds. The molecule has 0 aromatic heterocycles. The number of aliphatic hydroxyl groups excluding tert-OH is 1. The molecular formula is C49H77BN6O13. The average Bonchev–Trinajstić information content (AvgIpc) is 3.67. The zero-order valence-electron chi connectivity index (χ0n) is 40.9. The molecule has 4 aliphatic carbocycles. The van der Waals surface area contributed by atoms with Gasteiger partial charge in [0.2, 0.25) is 17.7 Å². The van der Waals surface area contributed by atoms with Gasteiger partial charge < -0.3 is 52.0 Å². The standard InChI is InChI=1S/C49H77BN6O13/c1-29(36-14-15-37-35-13-12-31-27-34(57)19-21-48(31,2)38(35)20-22-49(36,37)3)11-17-43(59)54-41(47(64)65)16-18-42(58)52-23-7-5-9-39(51-4)45(61)55-40(46(62)63)10-6-8-24-53-44(60)30-25-32(50(66)67)28-33(26-30)56(68)69/h25-26,28-29,31,34-41,51,57,66-67H,5-24,27H2,1-4H3,(H,52,58)(H,53,60)(H,54,59)(H,55,61)(H,62,63)(H,64,65)/t29?,31-,34-,35?,36?,37?,38?,39?,40?,41?,48+,49-/m0/s1. The average molecular weight is 969 g/mol. The summed E-state index contributed by atoms with van der Waals surface area (Å²) in [5.74, 6) is -0.754. The van der Waals surface area contributed by atoms with Gasteiger partial charge in [-0.2, -0.15) is 0 Å². The Balaban J connectivity index is 0.952. The molecule has 19 nitrogen and oxygen atoms in total. The number of likely N-dealkylation sites (N-methyl/N-ethyl adjacent to an activating group) is 1. The van der Waals surface area contributed by atoms with E-state index in [-0.39, 0.29) is 73.1 Å². The van der Waals surface area contributed by atoms with Gasteiger partial charge in [-0.1, -0.05) is 20.8 Å². The van der Waals surface area contributed by atoms with Crippen molar-refractivity contribution in [2.45, 2.75) is 167 Å². The van der Waals surface area contributed by atoms with Gasteiger partial charge >= 0.3 is 19.1 Å². The largest absolute Gasteiger partial charge is 0.488 e. The summed E-state index contributed by atoms with van der Waals surface area (Å²) >= 11 is 0. The first kappa shape index (κ1) is 55.3. The number of benzene rings is 1. The smallest absolute Gasteiger partial charge is 0.480 e. The summed E-state index contributed by atoms with van der Waals surface area (Å²) in [6, 6.07) is -0.0736. The molecule has 4 saturated carbocycles. The molecule has 5 rings (SSSR count). The number of carbonyl (C=O) groups is 6. The zero-order valence-corrected chi connectivity index (χ0v) is 40.9. The van der Waals surface area contributed by atoms with Crippen LogP contribution in [-0.2, 0) is 24.0 Å². The van der Waals surface area contributed by atoms with Crippen LogP contribution in [0, 0.1) is 56.5 Å². The third kappa shape index (κ3) is 14.2. The van der Waals surface area contributed by atoms with Crippen molar-refractivity contribution in [3.05, 3.63) is 33.9 Å². The molecule has 0 bridgehead atoms. The molecular weight excluding hydrogens is 891 g/mol. The molecule has 4 aliphatic rings. The van der Waals surface area contributed by atoms with E-state index < -0.39 is 59.6 Å². The molecule has 12 atom stereocenters. The number of nitro benzene ring substituents is 1. The third-order valence-electron chi connectivity index (χ3n) is 17.0. The molecule has 0 radical (unpaired) electrons. The van der Waals surface area contributed by atoms with Crippen molar-refractivity contribution < 1.29 is 59.1 Å². The van der Waals surface area contributed by atoms with E-state index >= 15 is 0 Å². The Morgan fingerprint density at radius 1 is 0.754 bits per heavy atom. The monoisotopic (exact) mass is 969 g/mol. The topological polar surface area (TPSA) is 307 Å². The molecule has 1 aromatic carbocycles. The van der Waals surface area contributed by atoms with Crippen molar-refractivity contribution in [3.63, 3.8) is 0 Å². The van der Waals surface area contributed by atoms with Crippen molar-refractivity contribution in [2.75, 3.05) is 20.1 Å². The lowest BCUT2D eigenvalue weighted by Gasteiger charge is -2.61. The molecule has 0 saturated heterocycles. The third-order valence-corrected chi connectivity index (χ3v) is 17.0. The minimum atomic E-state index is -2.02. The maximum absolute atomic E-state index is 13.1. The minimum Gasteiger partial charge on any atom is -0.480 e. The van der Waals surface area contributed by atoms with E-state index in [0.717, 1.165) is 55.7 Å². The van der Waals surface area contributed by atoms with Crippen LogP contribution in [0.3, 0.4) is 0 Å². The summed E-state index contributed by atoms with van der Waals surface area (Å²) in [7, 11) is -0.451. The number of aliphatic hydroxyl groups is 1. The number of hydrogen-bond donors (Lipinski definition) is 10. The van der Waals surface area contributed by atoms with Gasteiger partial charge in [0.15, 0.2) is 0 Å². The quantitative estimate of drug-likeness (QED) is 0.0276. The number of aliphatic carboxylic acids is 2. The summed E-state index contributed by atoms with van der Waals surface area (Å²) in [5.41, 5.74) is -0.305. The van der Waals surface area contributed by atoms with Crippen LogP contribution in [0.1, 0.15) is 153 Å². The predicted molar refractivity (Wildman–Crippen MR) is 257 cm³/mol. The fourth-order valence-electron chi connectivity index (χ4n) is 13.1. The first-order valence-electron chi connectivity index (χ1n) is 25.3. The highest BCUT2D eigenvalue weighted by Gasteiger charge is 2.60. The zero-order chi connectivity index (χ0) is 50.6. The first-order valence-corrected chi connectivity index (χ1v) is 25.3. The molecule has 4 fully saturated rings. The van der Waals surface area contributed by atoms with Crippen LogP contribution < -0.4 is 32.0 Å². The number of carboxylic acids is 2. The Morgan fingerprint density at radius 3 is 2.03 bits per heavy atom. The minimum absolute atomic E-state index is 0.0539. The van der Waals surface area contributed by atoms with Crippen molar-refractivity contribution in [2.24, 2.45) is 46.3 Å². The SMILES string of the molecule is CNC(CCCCNC(=O)CCC(NC(=O)CCC(C)C1CCC2C3CC[C@H]4C[C@@H](O)CC[C@@]4(C)C3CC[C@@]12C)C(=O)O)C(=O)NC(CCCCNC(=O)c1cc(B(O)O)cc([N+](=O)[O-])c1)C(=O)O. The summed E-state index contributed by atoms with van der Waals surface area (Å²) in [6.45, 7) is 7.60. The van der Waals surface area contributed by atoms with E-state index in [9.17, 15) is 64.2 Å². The van der Waals surface area contributed by atoms with Gasteiger partial charge in [0, 0.05) is 43.6 Å². The molecule has 384 valence electrons. The number of nitrogens with one attached hydrogen (secondary N) is 5. The van der Waals surface area contributed by atoms with E-state index in [1.54, 1.807) is 7.05 Å². The Hall–Kier alpha value is -4.66. The molecule has 1 aromatic rings. The second-order valence-corrected chi connectivity index (χ2v) is 21.1. The predicted octanol–water partition coefficient (Wildman–Crippen LogP) is 3.40. The molecule has 69 heavy (non-hydrogen) atoms. The molecule has 0 aliphatic heterocycles. The van der Waals surface area contributed by atoms with Crippen LogP contribution in [0.25, 0.3) is 0 Å². The molecule has 0 heterocycles. The normalized spacial score (nSPS) is 27.8. The molecule has 8 unspecified atom stereocenters. The van der Waals surface area contributed by atoms with Crippen LogP contribution in [0.4, 0.5) is 5.69 Å². The molecule has 0 spiro atoms. The number of nitro groups is 1. The van der Waals surface area contributed by atoms with Crippen LogP contribution in [0.15, 0.2) is 18.2 Å². The number of carbonyl (C=O) groups excluding carboxylic acids is 4. The van der Waals surface area contributed by atoms with Crippen molar-refractivity contribution in [3.8, 4) is 0 Å².